The maximum absolute atomic E-state index is 12.7. The van der Waals surface area contributed by atoms with Gasteiger partial charge in [-0.05, 0) is 43.5 Å². The summed E-state index contributed by atoms with van der Waals surface area (Å²) in [6.07, 6.45) is 0.998. The number of carbonyl (C=O) groups is 2. The summed E-state index contributed by atoms with van der Waals surface area (Å²) in [5.74, 6) is -1.59. The first-order chi connectivity index (χ1) is 15.6. The Morgan fingerprint density at radius 2 is 1.76 bits per heavy atom. The second-order valence-corrected chi connectivity index (χ2v) is 8.23. The van der Waals surface area contributed by atoms with Crippen molar-refractivity contribution >= 4 is 39.1 Å². The van der Waals surface area contributed by atoms with Gasteiger partial charge in [0.25, 0.3) is 15.9 Å². The number of sulfonamides is 1. The fourth-order valence-electron chi connectivity index (χ4n) is 2.49. The molecule has 1 heterocycles. The number of aliphatic carboxylic acids is 1. The third-order valence-electron chi connectivity index (χ3n) is 4.14. The van der Waals surface area contributed by atoms with Gasteiger partial charge in [0.2, 0.25) is 5.88 Å². The van der Waals surface area contributed by atoms with Crippen LogP contribution in [0.1, 0.15) is 25.7 Å². The first-order valence-corrected chi connectivity index (χ1v) is 11.1. The molecule has 1 amide bonds. The number of hydrogen-bond acceptors (Lipinski definition) is 10. The van der Waals surface area contributed by atoms with Crippen molar-refractivity contribution < 1.29 is 32.6 Å². The molecule has 0 fully saturated rings. The Hall–Kier alpha value is -3.94. The van der Waals surface area contributed by atoms with Gasteiger partial charge in [-0.3, -0.25) is 19.7 Å². The number of primary amides is 1. The highest BCUT2D eigenvalue weighted by Gasteiger charge is 2.17. The first kappa shape index (κ1) is 25.3. The van der Waals surface area contributed by atoms with E-state index in [9.17, 15) is 18.0 Å². The van der Waals surface area contributed by atoms with Crippen LogP contribution in [-0.4, -0.2) is 55.3 Å². The molecule has 0 unspecified atom stereocenters. The highest BCUT2D eigenvalue weighted by atomic mass is 32.2. The van der Waals surface area contributed by atoms with E-state index in [0.29, 0.717) is 18.5 Å². The molecule has 0 aliphatic carbocycles. The third kappa shape index (κ3) is 7.92. The van der Waals surface area contributed by atoms with Gasteiger partial charge in [-0.2, -0.15) is 15.1 Å². The number of hydrazone groups is 1. The number of hydrogen-bond donors (Lipinski definition) is 4. The molecule has 0 radical (unpaired) electrons. The van der Waals surface area contributed by atoms with Crippen LogP contribution < -0.4 is 25.4 Å². The minimum absolute atomic E-state index is 0.0159. The maximum Gasteiger partial charge on any atom is 0.321 e. The Bertz CT molecular complexity index is 1100. The molecule has 13 nitrogen and oxygen atoms in total. The van der Waals surface area contributed by atoms with Crippen LogP contribution in [0, 0.1) is 0 Å². The molecule has 33 heavy (non-hydrogen) atoms. The monoisotopic (exact) mass is 480 g/mol. The number of rotatable bonds is 13. The number of carboxylic acid groups (broad SMARTS) is 1. The highest BCUT2D eigenvalue weighted by molar-refractivity contribution is 7.92. The zero-order valence-electron chi connectivity index (χ0n) is 17.9. The zero-order chi connectivity index (χ0) is 24.4. The van der Waals surface area contributed by atoms with Gasteiger partial charge in [0.05, 0.1) is 24.8 Å². The van der Waals surface area contributed by atoms with Gasteiger partial charge in [0, 0.05) is 12.5 Å². The van der Waals surface area contributed by atoms with Crippen molar-refractivity contribution in [3.63, 3.8) is 0 Å². The largest absolute Gasteiger partial charge is 0.481 e. The SMILES string of the molecule is COc1cc(NS(=O)(=O)c2ccc(NN=C(CCCCC(=O)O)C(N)=O)cc2)nc(OC)n1. The lowest BCUT2D eigenvalue weighted by Gasteiger charge is -2.10. The Morgan fingerprint density at radius 3 is 2.33 bits per heavy atom. The molecule has 0 saturated carbocycles. The van der Waals surface area contributed by atoms with E-state index in [-0.39, 0.29) is 41.2 Å². The normalized spacial score (nSPS) is 11.5. The number of benzene rings is 1. The first-order valence-electron chi connectivity index (χ1n) is 9.58. The van der Waals surface area contributed by atoms with E-state index in [0.717, 1.165) is 0 Å². The molecule has 0 atom stereocenters. The Kier molecular flexibility index (Phi) is 8.91. The summed E-state index contributed by atoms with van der Waals surface area (Å²) in [6.45, 7) is 0. The van der Waals surface area contributed by atoms with Crippen molar-refractivity contribution in [2.24, 2.45) is 10.8 Å². The molecule has 2 rings (SSSR count). The van der Waals surface area contributed by atoms with Crippen molar-refractivity contribution in [1.29, 1.82) is 0 Å². The van der Waals surface area contributed by atoms with E-state index in [2.05, 4.69) is 25.2 Å². The van der Waals surface area contributed by atoms with Crippen LogP contribution >= 0.6 is 0 Å². The van der Waals surface area contributed by atoms with Crippen LogP contribution in [0.15, 0.2) is 40.3 Å². The molecular weight excluding hydrogens is 456 g/mol. The zero-order valence-corrected chi connectivity index (χ0v) is 18.8. The summed E-state index contributed by atoms with van der Waals surface area (Å²) < 4.78 is 37.5. The van der Waals surface area contributed by atoms with Gasteiger partial charge in [-0.1, -0.05) is 0 Å². The summed E-state index contributed by atoms with van der Waals surface area (Å²) >= 11 is 0. The number of anilines is 2. The summed E-state index contributed by atoms with van der Waals surface area (Å²) in [7, 11) is -1.28. The van der Waals surface area contributed by atoms with Crippen molar-refractivity contribution in [3.8, 4) is 11.9 Å². The number of aromatic nitrogens is 2. The number of unbranched alkanes of at least 4 members (excludes halogenated alkanes) is 1. The number of methoxy groups -OCH3 is 2. The van der Waals surface area contributed by atoms with Crippen LogP contribution in [0.25, 0.3) is 0 Å². The van der Waals surface area contributed by atoms with Crippen LogP contribution in [0.2, 0.25) is 0 Å². The standard InChI is InChI=1S/C19H24N6O7S/c1-31-16-11-15(21-19(22-16)32-2)25-33(29,30)13-9-7-12(8-10-13)23-24-14(18(20)28)5-3-4-6-17(26)27/h7-11,23H,3-6H2,1-2H3,(H2,20,28)(H,26,27)(H,21,22,25). The van der Waals surface area contributed by atoms with E-state index in [1.54, 1.807) is 0 Å². The molecule has 0 aliphatic heterocycles. The van der Waals surface area contributed by atoms with Crippen LogP contribution in [0.5, 0.6) is 11.9 Å². The van der Waals surface area contributed by atoms with Crippen molar-refractivity contribution in [2.45, 2.75) is 30.6 Å². The van der Waals surface area contributed by atoms with Crippen molar-refractivity contribution in [1.82, 2.24) is 9.97 Å². The molecule has 0 saturated heterocycles. The summed E-state index contributed by atoms with van der Waals surface area (Å²) in [5.41, 5.74) is 8.39. The molecule has 14 heteroatoms. The summed E-state index contributed by atoms with van der Waals surface area (Å²) in [6, 6.07) is 6.77. The number of nitrogens with two attached hydrogens (primary N) is 1. The fraction of sp³-hybridized carbons (Fsp3) is 0.316. The predicted molar refractivity (Wildman–Crippen MR) is 119 cm³/mol. The lowest BCUT2D eigenvalue weighted by molar-refractivity contribution is -0.137. The molecule has 1 aromatic carbocycles. The van der Waals surface area contributed by atoms with Gasteiger partial charge in [-0.15, -0.1) is 0 Å². The van der Waals surface area contributed by atoms with Crippen LogP contribution in [-0.2, 0) is 19.6 Å². The highest BCUT2D eigenvalue weighted by Crippen LogP contribution is 2.21. The van der Waals surface area contributed by atoms with Crippen molar-refractivity contribution in [2.75, 3.05) is 24.4 Å². The van der Waals surface area contributed by atoms with Crippen LogP contribution in [0.4, 0.5) is 11.5 Å². The Balaban J connectivity index is 2.08. The number of carbonyl (C=O) groups excluding carboxylic acids is 1. The van der Waals surface area contributed by atoms with Crippen LogP contribution in [0.3, 0.4) is 0 Å². The lowest BCUT2D eigenvalue weighted by Crippen LogP contribution is -2.24. The Labute approximate surface area is 190 Å². The van der Waals surface area contributed by atoms with Gasteiger partial charge in [0.15, 0.2) is 5.82 Å². The average Bonchev–Trinajstić information content (AvgIpc) is 2.77. The molecule has 0 spiro atoms. The van der Waals surface area contributed by atoms with E-state index in [4.69, 9.17) is 20.3 Å². The second kappa shape index (κ2) is 11.6. The third-order valence-corrected chi connectivity index (χ3v) is 5.51. The number of amides is 1. The predicted octanol–water partition coefficient (Wildman–Crippen LogP) is 1.19. The van der Waals surface area contributed by atoms with E-state index >= 15 is 0 Å². The quantitative estimate of drug-likeness (QED) is 0.184. The minimum Gasteiger partial charge on any atom is -0.481 e. The number of nitrogens with one attached hydrogen (secondary N) is 2. The van der Waals surface area contributed by atoms with Gasteiger partial charge >= 0.3 is 12.0 Å². The smallest absolute Gasteiger partial charge is 0.321 e. The number of ether oxygens (including phenoxy) is 2. The molecule has 2 aromatic rings. The fourth-order valence-corrected chi connectivity index (χ4v) is 3.48. The number of carboxylic acids is 1. The summed E-state index contributed by atoms with van der Waals surface area (Å²) in [5, 5.41) is 12.6. The van der Waals surface area contributed by atoms with Gasteiger partial charge in [-0.25, -0.2) is 8.42 Å². The summed E-state index contributed by atoms with van der Waals surface area (Å²) in [4.78, 5) is 29.8. The topological polar surface area (TPSA) is 195 Å². The number of nitrogens with zero attached hydrogens (tertiary/aromatic N) is 3. The van der Waals surface area contributed by atoms with E-state index in [1.165, 1.54) is 44.6 Å². The van der Waals surface area contributed by atoms with E-state index in [1.807, 2.05) is 0 Å². The van der Waals surface area contributed by atoms with Crippen molar-refractivity contribution in [3.05, 3.63) is 30.3 Å². The maximum atomic E-state index is 12.7. The molecule has 0 bridgehead atoms. The molecule has 1 aromatic heterocycles. The second-order valence-electron chi connectivity index (χ2n) is 6.55. The lowest BCUT2D eigenvalue weighted by atomic mass is 10.1. The molecular formula is C19H24N6O7S. The average molecular weight is 481 g/mol. The van der Waals surface area contributed by atoms with Gasteiger partial charge in [0.1, 0.15) is 5.71 Å². The van der Waals surface area contributed by atoms with Gasteiger partial charge < -0.3 is 20.3 Å². The molecule has 0 aliphatic rings. The van der Waals surface area contributed by atoms with E-state index < -0.39 is 21.9 Å². The Morgan fingerprint density at radius 1 is 1.09 bits per heavy atom. The molecule has 178 valence electrons. The molecule has 5 N–H and O–H groups in total. The minimum atomic E-state index is -3.98.